The zero-order valence-corrected chi connectivity index (χ0v) is 8.43. The second-order valence-electron chi connectivity index (χ2n) is 3.13. The van der Waals surface area contributed by atoms with Crippen LogP contribution in [-0.2, 0) is 19.2 Å². The van der Waals surface area contributed by atoms with E-state index in [9.17, 15) is 19.2 Å². The van der Waals surface area contributed by atoms with E-state index in [4.69, 9.17) is 0 Å². The molecule has 1 N–H and O–H groups in total. The predicted octanol–water partition coefficient (Wildman–Crippen LogP) is -0.464. The number of aliphatic imine (C=N–C) groups is 1. The van der Waals surface area contributed by atoms with Crippen molar-refractivity contribution in [3.8, 4) is 0 Å². The Hall–Kier alpha value is -2.11. The van der Waals surface area contributed by atoms with Crippen molar-refractivity contribution in [1.29, 1.82) is 0 Å². The number of amides is 3. The van der Waals surface area contributed by atoms with Gasteiger partial charge < -0.3 is 0 Å². The molecule has 0 bridgehead atoms. The number of allylic oxidation sites excluding steroid dienone is 1. The predicted molar refractivity (Wildman–Crippen MR) is 54.6 cm³/mol. The van der Waals surface area contributed by atoms with Crippen LogP contribution in [0.3, 0.4) is 0 Å². The van der Waals surface area contributed by atoms with Gasteiger partial charge in [0, 0.05) is 19.1 Å². The Morgan fingerprint density at radius 2 is 1.69 bits per heavy atom. The maximum absolute atomic E-state index is 10.3. The Bertz CT molecular complexity index is 360. The molecule has 2 heterocycles. The molecular weight excluding hydrogens is 212 g/mol. The summed E-state index contributed by atoms with van der Waals surface area (Å²) < 4.78 is 0. The van der Waals surface area contributed by atoms with Gasteiger partial charge in [-0.1, -0.05) is 0 Å². The van der Waals surface area contributed by atoms with Crippen LogP contribution in [0.2, 0.25) is 0 Å². The van der Waals surface area contributed by atoms with Crippen molar-refractivity contribution >= 4 is 29.7 Å². The van der Waals surface area contributed by atoms with Gasteiger partial charge in [-0.3, -0.25) is 24.5 Å². The van der Waals surface area contributed by atoms with Gasteiger partial charge in [-0.05, 0) is 18.6 Å². The molecule has 0 aromatic rings. The molecule has 3 amide bonds. The third-order valence-electron chi connectivity index (χ3n) is 1.82. The summed E-state index contributed by atoms with van der Waals surface area (Å²) in [7, 11) is 0. The van der Waals surface area contributed by atoms with Gasteiger partial charge in [0.05, 0.1) is 0 Å². The summed E-state index contributed by atoms with van der Waals surface area (Å²) in [4.78, 5) is 44.3. The van der Waals surface area contributed by atoms with Crippen molar-refractivity contribution in [1.82, 2.24) is 5.32 Å². The van der Waals surface area contributed by atoms with E-state index in [0.29, 0.717) is 19.3 Å². The maximum Gasteiger partial charge on any atom is 0.317 e. The fraction of sp³-hybridized carbons (Fsp3) is 0.300. The van der Waals surface area contributed by atoms with Crippen molar-refractivity contribution in [3.05, 3.63) is 12.2 Å². The Labute approximate surface area is 91.4 Å². The molecule has 6 nitrogen and oxygen atoms in total. The summed E-state index contributed by atoms with van der Waals surface area (Å²) in [5.74, 6) is -1.51. The molecule has 1 fully saturated rings. The third kappa shape index (κ3) is 3.95. The Kier molecular flexibility index (Phi) is 4.26. The molecule has 2 rings (SSSR count). The molecule has 0 atom stereocenters. The molecule has 0 aliphatic carbocycles. The highest BCUT2D eigenvalue weighted by molar-refractivity contribution is 6.43. The van der Waals surface area contributed by atoms with Crippen molar-refractivity contribution in [3.63, 3.8) is 0 Å². The van der Waals surface area contributed by atoms with Gasteiger partial charge in [-0.25, -0.2) is 4.99 Å². The van der Waals surface area contributed by atoms with Crippen LogP contribution in [0.5, 0.6) is 0 Å². The SMILES string of the molecule is O=C1C=CC=NC1=O.O=C1CCCC(=O)N1. The lowest BCUT2D eigenvalue weighted by atomic mass is 10.1. The van der Waals surface area contributed by atoms with Gasteiger partial charge in [-0.15, -0.1) is 0 Å². The van der Waals surface area contributed by atoms with Crippen molar-refractivity contribution in [2.45, 2.75) is 19.3 Å². The summed E-state index contributed by atoms with van der Waals surface area (Å²) >= 11 is 0. The molecule has 0 aromatic carbocycles. The standard InChI is InChI=1S/C5H3NO2.C5H7NO2/c7-4-2-1-3-6-5(4)8;7-4-2-1-3-5(8)6-4/h1-3H;1-3H2,(H,6,7,8). The highest BCUT2D eigenvalue weighted by atomic mass is 16.2. The minimum absolute atomic E-state index is 0.138. The second kappa shape index (κ2) is 5.69. The van der Waals surface area contributed by atoms with Crippen LogP contribution in [0.1, 0.15) is 19.3 Å². The summed E-state index contributed by atoms with van der Waals surface area (Å²) in [5, 5.41) is 2.20. The number of ketones is 1. The van der Waals surface area contributed by atoms with Crippen LogP contribution < -0.4 is 5.32 Å². The summed E-state index contributed by atoms with van der Waals surface area (Å²) in [5.41, 5.74) is 0. The quantitative estimate of drug-likeness (QED) is 0.443. The summed E-state index contributed by atoms with van der Waals surface area (Å²) in [6.45, 7) is 0. The second-order valence-corrected chi connectivity index (χ2v) is 3.13. The van der Waals surface area contributed by atoms with Crippen molar-refractivity contribution in [2.75, 3.05) is 0 Å². The van der Waals surface area contributed by atoms with E-state index in [1.807, 2.05) is 0 Å². The largest absolute Gasteiger partial charge is 0.317 e. The number of imide groups is 1. The fourth-order valence-electron chi connectivity index (χ4n) is 1.07. The molecule has 84 valence electrons. The fourth-order valence-corrected chi connectivity index (χ4v) is 1.07. The van der Waals surface area contributed by atoms with Crippen LogP contribution in [0.25, 0.3) is 0 Å². The molecule has 0 saturated carbocycles. The molecule has 6 heteroatoms. The van der Waals surface area contributed by atoms with Gasteiger partial charge in [0.25, 0.3) is 0 Å². The van der Waals surface area contributed by atoms with Crippen molar-refractivity contribution < 1.29 is 19.2 Å². The van der Waals surface area contributed by atoms with E-state index >= 15 is 0 Å². The van der Waals surface area contributed by atoms with Crippen LogP contribution in [0, 0.1) is 0 Å². The van der Waals surface area contributed by atoms with E-state index in [1.54, 1.807) is 0 Å². The normalized spacial score (nSPS) is 19.0. The average molecular weight is 222 g/mol. The molecular formula is C10H10N2O4. The first kappa shape index (κ1) is 12.0. The molecule has 16 heavy (non-hydrogen) atoms. The third-order valence-corrected chi connectivity index (χ3v) is 1.82. The van der Waals surface area contributed by atoms with Crippen LogP contribution >= 0.6 is 0 Å². The number of nitrogens with zero attached hydrogens (tertiary/aromatic N) is 1. The zero-order chi connectivity index (χ0) is 12.0. The van der Waals surface area contributed by atoms with E-state index in [0.717, 1.165) is 0 Å². The topological polar surface area (TPSA) is 92.7 Å². The highest BCUT2D eigenvalue weighted by Gasteiger charge is 2.13. The lowest BCUT2D eigenvalue weighted by molar-refractivity contribution is -0.133. The van der Waals surface area contributed by atoms with E-state index in [1.165, 1.54) is 18.4 Å². The molecule has 2 aliphatic heterocycles. The molecule has 2 aliphatic rings. The average Bonchev–Trinajstić information content (AvgIpc) is 2.23. The summed E-state index contributed by atoms with van der Waals surface area (Å²) in [6.07, 6.45) is 5.64. The number of carbonyl (C=O) groups is 4. The Balaban J connectivity index is 0.000000160. The Morgan fingerprint density at radius 3 is 2.00 bits per heavy atom. The molecule has 1 saturated heterocycles. The smallest absolute Gasteiger partial charge is 0.296 e. The van der Waals surface area contributed by atoms with Crippen LogP contribution in [0.4, 0.5) is 0 Å². The van der Waals surface area contributed by atoms with Gasteiger partial charge in [0.1, 0.15) is 0 Å². The number of hydrogen-bond acceptors (Lipinski definition) is 4. The Morgan fingerprint density at radius 1 is 1.06 bits per heavy atom. The molecule has 0 unspecified atom stereocenters. The number of nitrogens with one attached hydrogen (secondary N) is 1. The minimum atomic E-state index is -0.687. The first-order valence-electron chi connectivity index (χ1n) is 4.71. The monoisotopic (exact) mass is 222 g/mol. The van der Waals surface area contributed by atoms with Gasteiger partial charge >= 0.3 is 5.91 Å². The number of rotatable bonds is 0. The van der Waals surface area contributed by atoms with Gasteiger partial charge in [-0.2, -0.15) is 0 Å². The molecule has 0 aromatic heterocycles. The molecule has 0 radical (unpaired) electrons. The first-order valence-corrected chi connectivity index (χ1v) is 4.71. The number of carbonyl (C=O) groups excluding carboxylic acids is 4. The number of dihydropyridines is 1. The van der Waals surface area contributed by atoms with Gasteiger partial charge in [0.2, 0.25) is 17.6 Å². The van der Waals surface area contributed by atoms with E-state index < -0.39 is 11.7 Å². The van der Waals surface area contributed by atoms with Crippen molar-refractivity contribution in [2.24, 2.45) is 4.99 Å². The van der Waals surface area contributed by atoms with Crippen LogP contribution in [-0.4, -0.2) is 29.7 Å². The maximum atomic E-state index is 10.3. The molecule has 0 spiro atoms. The first-order chi connectivity index (χ1) is 7.59. The number of piperidine rings is 1. The van der Waals surface area contributed by atoms with E-state index in [-0.39, 0.29) is 11.8 Å². The summed E-state index contributed by atoms with van der Waals surface area (Å²) in [6, 6.07) is 0. The van der Waals surface area contributed by atoms with Gasteiger partial charge in [0.15, 0.2) is 0 Å². The lowest BCUT2D eigenvalue weighted by Gasteiger charge is -2.07. The lowest BCUT2D eigenvalue weighted by Crippen LogP contribution is -2.33. The highest BCUT2D eigenvalue weighted by Crippen LogP contribution is 2.00. The zero-order valence-electron chi connectivity index (χ0n) is 8.43. The number of hydrogen-bond donors (Lipinski definition) is 1. The van der Waals surface area contributed by atoms with Crippen LogP contribution in [0.15, 0.2) is 17.1 Å². The van der Waals surface area contributed by atoms with E-state index in [2.05, 4.69) is 10.3 Å². The minimum Gasteiger partial charge on any atom is -0.296 e.